The van der Waals surface area contributed by atoms with Crippen molar-refractivity contribution in [3.63, 3.8) is 0 Å². The molecule has 1 N–H and O–H groups in total. The van der Waals surface area contributed by atoms with Crippen LogP contribution in [0.3, 0.4) is 0 Å². The van der Waals surface area contributed by atoms with Crippen LogP contribution in [0, 0.1) is 28.6 Å². The Morgan fingerprint density at radius 3 is 2.50 bits per heavy atom. The number of fused-ring (bicyclic) bond motifs is 2. The van der Waals surface area contributed by atoms with E-state index in [0.717, 1.165) is 12.1 Å². The summed E-state index contributed by atoms with van der Waals surface area (Å²) in [6, 6.07) is 10.7. The molecular weight excluding hydrogens is 318 g/mol. The predicted octanol–water partition coefficient (Wildman–Crippen LogP) is 4.82. The second kappa shape index (κ2) is 7.02. The molecular formula is C24H35NO. The molecule has 0 aromatic heterocycles. The Balaban J connectivity index is 1.65. The maximum absolute atomic E-state index is 11.2. The summed E-state index contributed by atoms with van der Waals surface area (Å²) in [5.41, 5.74) is 1.00. The van der Waals surface area contributed by atoms with Crippen molar-refractivity contribution in [3.8, 4) is 11.8 Å². The van der Waals surface area contributed by atoms with Gasteiger partial charge in [-0.15, -0.1) is 0 Å². The van der Waals surface area contributed by atoms with Gasteiger partial charge in [0.25, 0.3) is 0 Å². The van der Waals surface area contributed by atoms with Gasteiger partial charge in [-0.3, -0.25) is 4.90 Å². The molecule has 1 saturated carbocycles. The van der Waals surface area contributed by atoms with Crippen molar-refractivity contribution in [1.82, 2.24) is 4.90 Å². The lowest BCUT2D eigenvalue weighted by Crippen LogP contribution is -2.35. The molecule has 0 amide bonds. The monoisotopic (exact) mass is 353 g/mol. The van der Waals surface area contributed by atoms with Gasteiger partial charge in [0, 0.05) is 19.0 Å². The number of aliphatic hydroxyl groups is 1. The Hall–Kier alpha value is -1.30. The quantitative estimate of drug-likeness (QED) is 0.784. The highest BCUT2D eigenvalue weighted by Gasteiger charge is 2.49. The van der Waals surface area contributed by atoms with Crippen LogP contribution in [0.25, 0.3) is 0 Å². The van der Waals surface area contributed by atoms with E-state index in [9.17, 15) is 5.11 Å². The number of hydrogen-bond acceptors (Lipinski definition) is 2. The summed E-state index contributed by atoms with van der Waals surface area (Å²) in [5, 5.41) is 11.2. The molecule has 26 heavy (non-hydrogen) atoms. The van der Waals surface area contributed by atoms with Gasteiger partial charge in [0.1, 0.15) is 5.60 Å². The van der Waals surface area contributed by atoms with Crippen molar-refractivity contribution in [1.29, 1.82) is 0 Å². The van der Waals surface area contributed by atoms with Crippen LogP contribution in [-0.4, -0.2) is 29.1 Å². The molecule has 2 bridgehead atoms. The summed E-state index contributed by atoms with van der Waals surface area (Å²) < 4.78 is 0. The van der Waals surface area contributed by atoms with Crippen LogP contribution in [-0.2, 0) is 5.60 Å². The molecule has 2 fully saturated rings. The summed E-state index contributed by atoms with van der Waals surface area (Å²) >= 11 is 0. The Labute approximate surface area is 160 Å². The van der Waals surface area contributed by atoms with Crippen LogP contribution in [0.4, 0.5) is 0 Å². The third-order valence-corrected chi connectivity index (χ3v) is 6.52. The smallest absolute Gasteiger partial charge is 0.103 e. The Bertz CT molecular complexity index is 683. The topological polar surface area (TPSA) is 23.5 Å². The molecule has 142 valence electrons. The van der Waals surface area contributed by atoms with Gasteiger partial charge in [-0.25, -0.2) is 0 Å². The summed E-state index contributed by atoms with van der Waals surface area (Å²) in [7, 11) is 0. The largest absolute Gasteiger partial charge is 0.384 e. The molecule has 1 aliphatic carbocycles. The molecule has 1 heterocycles. The standard InChI is InChI=1S/C24H35NO/c1-19(2)24(26,20-11-7-6-8-12-20)13-9-10-14-25-18-23(5)16-21(25)15-22(3,4)17-23/h6-8,11-12,19,21,26H,13-18H2,1-5H3/t21-,23+,24+/m1/s1. The number of likely N-dealkylation sites (tertiary alicyclic amines) is 1. The molecule has 0 spiro atoms. The molecule has 1 aromatic rings. The van der Waals surface area contributed by atoms with Gasteiger partial charge in [0.2, 0.25) is 0 Å². The third kappa shape index (κ3) is 4.00. The number of rotatable bonds is 4. The molecule has 3 rings (SSSR count). The molecule has 2 heteroatoms. The summed E-state index contributed by atoms with van der Waals surface area (Å²) in [6.07, 6.45) is 4.42. The van der Waals surface area contributed by atoms with Crippen molar-refractivity contribution in [3.05, 3.63) is 35.9 Å². The normalized spacial score (nSPS) is 29.9. The minimum absolute atomic E-state index is 0.130. The molecule has 3 atom stereocenters. The van der Waals surface area contributed by atoms with Gasteiger partial charge >= 0.3 is 0 Å². The molecule has 0 unspecified atom stereocenters. The number of nitrogens with zero attached hydrogens (tertiary/aromatic N) is 1. The number of hydrogen-bond donors (Lipinski definition) is 1. The maximum Gasteiger partial charge on any atom is 0.103 e. The van der Waals surface area contributed by atoms with E-state index in [1.807, 2.05) is 30.3 Å². The van der Waals surface area contributed by atoms with E-state index < -0.39 is 5.60 Å². The fourth-order valence-corrected chi connectivity index (χ4v) is 5.48. The fourth-order valence-electron chi connectivity index (χ4n) is 5.48. The Morgan fingerprint density at radius 1 is 1.15 bits per heavy atom. The van der Waals surface area contributed by atoms with E-state index in [4.69, 9.17) is 0 Å². The summed E-state index contributed by atoms with van der Waals surface area (Å²) in [6.45, 7) is 13.4. The maximum atomic E-state index is 11.2. The first-order valence-electron chi connectivity index (χ1n) is 10.1. The summed E-state index contributed by atoms with van der Waals surface area (Å²) in [5.74, 6) is 6.81. The molecule has 1 saturated heterocycles. The lowest BCUT2D eigenvalue weighted by atomic mass is 9.65. The summed E-state index contributed by atoms with van der Waals surface area (Å²) in [4.78, 5) is 2.58. The average molecular weight is 354 g/mol. The zero-order chi connectivity index (χ0) is 19.0. The van der Waals surface area contributed by atoms with E-state index in [0.29, 0.717) is 23.3 Å². The van der Waals surface area contributed by atoms with Crippen LogP contribution in [0.5, 0.6) is 0 Å². The molecule has 0 radical (unpaired) electrons. The van der Waals surface area contributed by atoms with Gasteiger partial charge in [0.05, 0.1) is 6.54 Å². The van der Waals surface area contributed by atoms with E-state index in [1.165, 1.54) is 25.8 Å². The zero-order valence-corrected chi connectivity index (χ0v) is 17.2. The number of benzene rings is 1. The highest BCUT2D eigenvalue weighted by molar-refractivity contribution is 5.25. The first kappa shape index (κ1) is 19.5. The fraction of sp³-hybridized carbons (Fsp3) is 0.667. The second-order valence-corrected chi connectivity index (χ2v) is 10.1. The minimum atomic E-state index is -0.872. The van der Waals surface area contributed by atoms with Crippen LogP contribution in [0.1, 0.15) is 65.9 Å². The van der Waals surface area contributed by atoms with E-state index in [1.54, 1.807) is 0 Å². The van der Waals surface area contributed by atoms with Crippen molar-refractivity contribution >= 4 is 0 Å². The van der Waals surface area contributed by atoms with Crippen molar-refractivity contribution in [2.24, 2.45) is 16.7 Å². The molecule has 2 aliphatic rings. The van der Waals surface area contributed by atoms with Gasteiger partial charge in [-0.2, -0.15) is 0 Å². The second-order valence-electron chi connectivity index (χ2n) is 10.1. The van der Waals surface area contributed by atoms with Crippen LogP contribution in [0.15, 0.2) is 30.3 Å². The lowest BCUT2D eigenvalue weighted by Gasteiger charge is -2.39. The van der Waals surface area contributed by atoms with E-state index in [2.05, 4.69) is 51.4 Å². The average Bonchev–Trinajstić information content (AvgIpc) is 2.80. The van der Waals surface area contributed by atoms with Gasteiger partial charge in [-0.1, -0.05) is 76.8 Å². The van der Waals surface area contributed by atoms with Gasteiger partial charge < -0.3 is 5.11 Å². The van der Waals surface area contributed by atoms with Gasteiger partial charge in [-0.05, 0) is 41.6 Å². The zero-order valence-electron chi connectivity index (χ0n) is 17.2. The Morgan fingerprint density at radius 2 is 1.85 bits per heavy atom. The molecule has 1 aromatic carbocycles. The third-order valence-electron chi connectivity index (χ3n) is 6.52. The minimum Gasteiger partial charge on any atom is -0.384 e. The van der Waals surface area contributed by atoms with Crippen molar-refractivity contribution < 1.29 is 5.11 Å². The van der Waals surface area contributed by atoms with Crippen LogP contribution < -0.4 is 0 Å². The van der Waals surface area contributed by atoms with Crippen molar-refractivity contribution in [2.45, 2.75) is 71.9 Å². The highest BCUT2D eigenvalue weighted by Crippen LogP contribution is 2.52. The van der Waals surface area contributed by atoms with E-state index in [-0.39, 0.29) is 5.92 Å². The van der Waals surface area contributed by atoms with Crippen LogP contribution >= 0.6 is 0 Å². The first-order chi connectivity index (χ1) is 12.1. The Kier molecular flexibility index (Phi) is 5.26. The first-order valence-corrected chi connectivity index (χ1v) is 10.1. The van der Waals surface area contributed by atoms with Crippen LogP contribution in [0.2, 0.25) is 0 Å². The van der Waals surface area contributed by atoms with Crippen molar-refractivity contribution in [2.75, 3.05) is 13.1 Å². The van der Waals surface area contributed by atoms with E-state index >= 15 is 0 Å². The predicted molar refractivity (Wildman–Crippen MR) is 109 cm³/mol. The van der Waals surface area contributed by atoms with Gasteiger partial charge in [0.15, 0.2) is 0 Å². The molecule has 1 aliphatic heterocycles. The highest BCUT2D eigenvalue weighted by atomic mass is 16.3. The SMILES string of the molecule is CC(C)[C@@](O)(CC#CCN1C[C@@]2(C)C[C@H]1CC(C)(C)C2)c1ccccc1. The lowest BCUT2D eigenvalue weighted by molar-refractivity contribution is -0.00533. The molecule has 2 nitrogen and oxygen atoms in total.